The van der Waals surface area contributed by atoms with E-state index >= 15 is 0 Å². The van der Waals surface area contributed by atoms with Crippen LogP contribution in [0, 0.1) is 11.3 Å². The number of carbonyl (C=O) groups is 1. The summed E-state index contributed by atoms with van der Waals surface area (Å²) >= 11 is 0. The SMILES string of the molecule is CCN(CC)CCN1C(=O)C2(OCc3ccccc32)c2c1cc(C#N)cc2C(F)(F)F. The number of alkyl halides is 3. The molecule has 8 heteroatoms. The molecule has 0 radical (unpaired) electrons. The van der Waals surface area contributed by atoms with Crippen LogP contribution in [0.1, 0.15) is 41.7 Å². The molecule has 1 spiro atoms. The molecular formula is C23H22F3N3O2. The summed E-state index contributed by atoms with van der Waals surface area (Å²) in [5.74, 6) is -0.541. The highest BCUT2D eigenvalue weighted by Crippen LogP contribution is 2.55. The maximum atomic E-state index is 14.1. The molecule has 0 aromatic heterocycles. The van der Waals surface area contributed by atoms with Gasteiger partial charge in [0.1, 0.15) is 0 Å². The fourth-order valence-corrected chi connectivity index (χ4v) is 4.54. The smallest absolute Gasteiger partial charge is 0.351 e. The first-order valence-corrected chi connectivity index (χ1v) is 10.2. The van der Waals surface area contributed by atoms with E-state index in [2.05, 4.69) is 4.90 Å². The Morgan fingerprint density at radius 3 is 2.58 bits per heavy atom. The van der Waals surface area contributed by atoms with Gasteiger partial charge in [-0.3, -0.25) is 4.79 Å². The van der Waals surface area contributed by atoms with E-state index in [9.17, 15) is 23.2 Å². The highest BCUT2D eigenvalue weighted by molar-refractivity contribution is 6.10. The monoisotopic (exact) mass is 429 g/mol. The Bertz CT molecular complexity index is 1070. The number of hydrogen-bond acceptors (Lipinski definition) is 4. The fraction of sp³-hybridized carbons (Fsp3) is 0.391. The van der Waals surface area contributed by atoms with Crippen molar-refractivity contribution in [3.8, 4) is 6.07 Å². The van der Waals surface area contributed by atoms with Gasteiger partial charge >= 0.3 is 6.18 Å². The third-order valence-electron chi connectivity index (χ3n) is 6.12. The molecule has 2 aromatic rings. The third kappa shape index (κ3) is 3.20. The zero-order valence-electron chi connectivity index (χ0n) is 17.3. The molecule has 1 atom stereocenters. The summed E-state index contributed by atoms with van der Waals surface area (Å²) in [7, 11) is 0. The molecule has 0 fully saturated rings. The molecule has 2 aliphatic rings. The van der Waals surface area contributed by atoms with E-state index in [-0.39, 0.29) is 30.0 Å². The number of benzene rings is 2. The molecule has 0 saturated carbocycles. The lowest BCUT2D eigenvalue weighted by Crippen LogP contribution is -2.44. The van der Waals surface area contributed by atoms with Gasteiger partial charge in [0.15, 0.2) is 0 Å². The topological polar surface area (TPSA) is 56.6 Å². The average molecular weight is 429 g/mol. The standard InChI is InChI=1S/C23H22F3N3O2/c1-3-28(4-2)9-10-29-19-12-15(13-27)11-18(23(24,25)26)20(19)22(21(29)30)17-8-6-5-7-16(17)14-31-22/h5-8,11-12H,3-4,9-10,14H2,1-2H3. The van der Waals surface area contributed by atoms with Gasteiger partial charge in [-0.25, -0.2) is 0 Å². The van der Waals surface area contributed by atoms with Crippen LogP contribution in [-0.2, 0) is 27.9 Å². The lowest BCUT2D eigenvalue weighted by molar-refractivity contribution is -0.144. The quantitative estimate of drug-likeness (QED) is 0.720. The van der Waals surface area contributed by atoms with E-state index in [1.54, 1.807) is 30.3 Å². The first-order chi connectivity index (χ1) is 14.8. The number of hydrogen-bond donors (Lipinski definition) is 0. The number of rotatable bonds is 5. The first kappa shape index (κ1) is 21.3. The minimum atomic E-state index is -4.75. The van der Waals surface area contributed by atoms with Crippen molar-refractivity contribution in [1.82, 2.24) is 4.90 Å². The number of carbonyl (C=O) groups excluding carboxylic acids is 1. The zero-order chi connectivity index (χ0) is 22.4. The second-order valence-electron chi connectivity index (χ2n) is 7.64. The molecule has 0 N–H and O–H groups in total. The van der Waals surface area contributed by atoms with Crippen LogP contribution < -0.4 is 4.90 Å². The summed E-state index contributed by atoms with van der Waals surface area (Å²) in [6, 6.07) is 10.8. The minimum Gasteiger partial charge on any atom is -0.351 e. The summed E-state index contributed by atoms with van der Waals surface area (Å²) < 4.78 is 48.4. The Labute approximate surface area is 178 Å². The number of ether oxygens (including phenoxy) is 1. The number of nitrogens with zero attached hydrogens (tertiary/aromatic N) is 3. The van der Waals surface area contributed by atoms with Gasteiger partial charge in [-0.15, -0.1) is 0 Å². The summed E-state index contributed by atoms with van der Waals surface area (Å²) in [5, 5.41) is 9.36. The molecular weight excluding hydrogens is 407 g/mol. The molecule has 2 aliphatic heterocycles. The van der Waals surface area contributed by atoms with Gasteiger partial charge < -0.3 is 14.5 Å². The van der Waals surface area contributed by atoms with E-state index in [1.165, 1.54) is 11.0 Å². The highest BCUT2D eigenvalue weighted by Gasteiger charge is 2.60. The molecule has 4 rings (SSSR count). The summed E-state index contributed by atoms with van der Waals surface area (Å²) in [6.07, 6.45) is -4.75. The summed E-state index contributed by atoms with van der Waals surface area (Å²) in [4.78, 5) is 17.2. The lowest BCUT2D eigenvalue weighted by atomic mass is 9.83. The van der Waals surface area contributed by atoms with E-state index in [0.29, 0.717) is 17.7 Å². The van der Waals surface area contributed by atoms with Gasteiger partial charge in [-0.1, -0.05) is 38.1 Å². The van der Waals surface area contributed by atoms with Crippen molar-refractivity contribution in [2.24, 2.45) is 0 Å². The van der Waals surface area contributed by atoms with Crippen molar-refractivity contribution in [3.05, 3.63) is 64.2 Å². The Hall–Kier alpha value is -2.89. The number of nitriles is 1. The Morgan fingerprint density at radius 1 is 1.23 bits per heavy atom. The summed E-state index contributed by atoms with van der Waals surface area (Å²) in [6.45, 7) is 6.21. The molecule has 162 valence electrons. The van der Waals surface area contributed by atoms with E-state index in [0.717, 1.165) is 19.2 Å². The second-order valence-corrected chi connectivity index (χ2v) is 7.64. The van der Waals surface area contributed by atoms with Crippen LogP contribution >= 0.6 is 0 Å². The van der Waals surface area contributed by atoms with Gasteiger partial charge in [0.2, 0.25) is 5.60 Å². The van der Waals surface area contributed by atoms with E-state index in [1.807, 2.05) is 13.8 Å². The predicted octanol–water partition coefficient (Wildman–Crippen LogP) is 4.04. The van der Waals surface area contributed by atoms with Crippen LogP contribution in [0.2, 0.25) is 0 Å². The molecule has 0 saturated heterocycles. The van der Waals surface area contributed by atoms with Crippen molar-refractivity contribution in [1.29, 1.82) is 5.26 Å². The van der Waals surface area contributed by atoms with Crippen LogP contribution in [0.25, 0.3) is 0 Å². The Morgan fingerprint density at radius 2 is 1.94 bits per heavy atom. The van der Waals surface area contributed by atoms with E-state index in [4.69, 9.17) is 4.74 Å². The van der Waals surface area contributed by atoms with Crippen molar-refractivity contribution in [2.45, 2.75) is 32.2 Å². The minimum absolute atomic E-state index is 0.0442. The lowest BCUT2D eigenvalue weighted by Gasteiger charge is -2.27. The van der Waals surface area contributed by atoms with Crippen molar-refractivity contribution >= 4 is 11.6 Å². The molecule has 0 bridgehead atoms. The Kier molecular flexibility index (Phi) is 5.28. The average Bonchev–Trinajstić information content (AvgIpc) is 3.25. The number of fused-ring (bicyclic) bond motifs is 4. The molecule has 0 aliphatic carbocycles. The number of anilines is 1. The van der Waals surface area contributed by atoms with Crippen LogP contribution in [0.5, 0.6) is 0 Å². The van der Waals surface area contributed by atoms with Gasteiger partial charge in [0, 0.05) is 24.2 Å². The van der Waals surface area contributed by atoms with Crippen LogP contribution in [0.3, 0.4) is 0 Å². The van der Waals surface area contributed by atoms with Crippen LogP contribution in [0.15, 0.2) is 36.4 Å². The molecule has 2 heterocycles. The molecule has 2 aromatic carbocycles. The second kappa shape index (κ2) is 7.66. The maximum Gasteiger partial charge on any atom is 0.416 e. The van der Waals surface area contributed by atoms with E-state index < -0.39 is 23.2 Å². The van der Waals surface area contributed by atoms with Crippen molar-refractivity contribution < 1.29 is 22.7 Å². The molecule has 31 heavy (non-hydrogen) atoms. The number of likely N-dealkylation sites (N-methyl/N-ethyl adjacent to an activating group) is 1. The van der Waals surface area contributed by atoms with Gasteiger partial charge in [0.25, 0.3) is 5.91 Å². The normalized spacial score (nSPS) is 19.8. The summed E-state index contributed by atoms with van der Waals surface area (Å²) in [5.41, 5.74) is -2.00. The Balaban J connectivity index is 1.96. The van der Waals surface area contributed by atoms with Gasteiger partial charge in [-0.05, 0) is 30.8 Å². The first-order valence-electron chi connectivity index (χ1n) is 10.2. The largest absolute Gasteiger partial charge is 0.416 e. The number of halogens is 3. The molecule has 5 nitrogen and oxygen atoms in total. The zero-order valence-corrected chi connectivity index (χ0v) is 17.3. The fourth-order valence-electron chi connectivity index (χ4n) is 4.54. The maximum absolute atomic E-state index is 14.1. The molecule has 1 unspecified atom stereocenters. The highest BCUT2D eigenvalue weighted by atomic mass is 19.4. The predicted molar refractivity (Wildman–Crippen MR) is 108 cm³/mol. The van der Waals surface area contributed by atoms with Crippen LogP contribution in [0.4, 0.5) is 18.9 Å². The van der Waals surface area contributed by atoms with Gasteiger partial charge in [-0.2, -0.15) is 18.4 Å². The van der Waals surface area contributed by atoms with Crippen LogP contribution in [-0.4, -0.2) is 37.0 Å². The van der Waals surface area contributed by atoms with Crippen molar-refractivity contribution in [2.75, 3.05) is 31.1 Å². The molecule has 1 amide bonds. The van der Waals surface area contributed by atoms with Crippen molar-refractivity contribution in [3.63, 3.8) is 0 Å². The number of amides is 1. The third-order valence-corrected chi connectivity index (χ3v) is 6.12. The van der Waals surface area contributed by atoms with Gasteiger partial charge in [0.05, 0.1) is 29.5 Å².